The number of rotatable bonds is 8. The van der Waals surface area contributed by atoms with Gasteiger partial charge in [-0.1, -0.05) is 23.7 Å². The molecule has 2 N–H and O–H groups in total. The maximum atomic E-state index is 12.9. The first kappa shape index (κ1) is 21.6. The number of methoxy groups -OCH3 is 1. The lowest BCUT2D eigenvalue weighted by Gasteiger charge is -2.09. The van der Waals surface area contributed by atoms with Gasteiger partial charge in [0.2, 0.25) is 0 Å². The van der Waals surface area contributed by atoms with Crippen molar-refractivity contribution < 1.29 is 19.1 Å². The highest BCUT2D eigenvalue weighted by Crippen LogP contribution is 2.21. The molecule has 0 unspecified atom stereocenters. The predicted octanol–water partition coefficient (Wildman–Crippen LogP) is 3.59. The first-order valence-corrected chi connectivity index (χ1v) is 9.71. The van der Waals surface area contributed by atoms with Crippen LogP contribution in [0.2, 0.25) is 5.02 Å². The van der Waals surface area contributed by atoms with Crippen molar-refractivity contribution in [3.05, 3.63) is 69.6 Å². The standard InChI is InChI=1S/C21H23ClN4O4/c1-13-18(21(28)30-11-10-29-3)14(2)24-19(13)20(27)25-17-8-9-23-26(17)12-15-4-6-16(22)7-5-15/h4-9,24H,10-12H2,1-3H3,(H,25,27). The minimum absolute atomic E-state index is 0.144. The summed E-state index contributed by atoms with van der Waals surface area (Å²) < 4.78 is 11.7. The zero-order valence-corrected chi connectivity index (χ0v) is 17.7. The molecule has 158 valence electrons. The Hall–Kier alpha value is -3.10. The van der Waals surface area contributed by atoms with Gasteiger partial charge in [-0.25, -0.2) is 9.48 Å². The molecule has 0 aliphatic rings. The zero-order valence-electron chi connectivity index (χ0n) is 17.0. The lowest BCUT2D eigenvalue weighted by Crippen LogP contribution is -2.18. The van der Waals surface area contributed by atoms with Crippen LogP contribution in [0.3, 0.4) is 0 Å². The quantitative estimate of drug-likeness (QED) is 0.420. The summed E-state index contributed by atoms with van der Waals surface area (Å²) in [6.07, 6.45) is 1.61. The van der Waals surface area contributed by atoms with Gasteiger partial charge in [0.1, 0.15) is 18.1 Å². The molecule has 0 radical (unpaired) electrons. The summed E-state index contributed by atoms with van der Waals surface area (Å²) in [6, 6.07) is 9.11. The third-order valence-electron chi connectivity index (χ3n) is 4.59. The number of hydrogen-bond acceptors (Lipinski definition) is 5. The molecule has 0 fully saturated rings. The van der Waals surface area contributed by atoms with Gasteiger partial charge in [-0.15, -0.1) is 0 Å². The van der Waals surface area contributed by atoms with E-state index in [1.54, 1.807) is 42.9 Å². The number of aromatic amines is 1. The third kappa shape index (κ3) is 4.90. The fourth-order valence-electron chi connectivity index (χ4n) is 3.08. The van der Waals surface area contributed by atoms with Crippen LogP contribution in [0.5, 0.6) is 0 Å². The molecule has 0 spiro atoms. The van der Waals surface area contributed by atoms with Gasteiger partial charge in [-0.3, -0.25) is 4.79 Å². The van der Waals surface area contributed by atoms with Crippen molar-refractivity contribution in [2.75, 3.05) is 25.6 Å². The summed E-state index contributed by atoms with van der Waals surface area (Å²) in [5.74, 6) is -0.333. The number of nitrogens with zero attached hydrogens (tertiary/aromatic N) is 2. The van der Waals surface area contributed by atoms with Gasteiger partial charge >= 0.3 is 5.97 Å². The average molecular weight is 431 g/mol. The van der Waals surface area contributed by atoms with Crippen LogP contribution in [0.25, 0.3) is 0 Å². The van der Waals surface area contributed by atoms with Crippen LogP contribution >= 0.6 is 11.6 Å². The number of aromatic nitrogens is 3. The van der Waals surface area contributed by atoms with E-state index in [2.05, 4.69) is 15.4 Å². The number of benzene rings is 1. The molecule has 1 amide bonds. The van der Waals surface area contributed by atoms with Gasteiger partial charge in [-0.2, -0.15) is 5.10 Å². The van der Waals surface area contributed by atoms with E-state index in [1.165, 1.54) is 7.11 Å². The molecule has 2 aromatic heterocycles. The second-order valence-electron chi connectivity index (χ2n) is 6.71. The number of carbonyl (C=O) groups excluding carboxylic acids is 2. The van der Waals surface area contributed by atoms with Crippen LogP contribution in [-0.4, -0.2) is 47.0 Å². The molecule has 2 heterocycles. The van der Waals surface area contributed by atoms with E-state index >= 15 is 0 Å². The molecule has 0 aliphatic carbocycles. The van der Waals surface area contributed by atoms with Gasteiger partial charge in [0.15, 0.2) is 0 Å². The molecule has 0 saturated carbocycles. The summed E-state index contributed by atoms with van der Waals surface area (Å²) in [5, 5.41) is 7.77. The smallest absolute Gasteiger partial charge is 0.340 e. The highest BCUT2D eigenvalue weighted by molar-refractivity contribution is 6.30. The van der Waals surface area contributed by atoms with Crippen LogP contribution in [0.1, 0.15) is 37.7 Å². The van der Waals surface area contributed by atoms with Crippen molar-refractivity contribution in [3.8, 4) is 0 Å². The Morgan fingerprint density at radius 1 is 1.17 bits per heavy atom. The first-order valence-electron chi connectivity index (χ1n) is 9.33. The number of ether oxygens (including phenoxy) is 2. The van der Waals surface area contributed by atoms with E-state index in [4.69, 9.17) is 21.1 Å². The Morgan fingerprint density at radius 2 is 1.90 bits per heavy atom. The lowest BCUT2D eigenvalue weighted by atomic mass is 10.1. The Balaban J connectivity index is 1.74. The third-order valence-corrected chi connectivity index (χ3v) is 4.85. The number of anilines is 1. The van der Waals surface area contributed by atoms with Crippen molar-refractivity contribution in [3.63, 3.8) is 0 Å². The topological polar surface area (TPSA) is 98.2 Å². The Kier molecular flexibility index (Phi) is 6.91. The summed E-state index contributed by atoms with van der Waals surface area (Å²) in [6.45, 7) is 4.35. The average Bonchev–Trinajstić information content (AvgIpc) is 3.27. The molecule has 0 saturated heterocycles. The van der Waals surface area contributed by atoms with E-state index in [0.717, 1.165) is 5.56 Å². The Bertz CT molecular complexity index is 1040. The van der Waals surface area contributed by atoms with E-state index in [1.807, 2.05) is 12.1 Å². The molecule has 30 heavy (non-hydrogen) atoms. The summed E-state index contributed by atoms with van der Waals surface area (Å²) in [5.41, 5.74) is 2.73. The molecule has 0 atom stereocenters. The van der Waals surface area contributed by atoms with Crippen LogP contribution in [0, 0.1) is 13.8 Å². The normalized spacial score (nSPS) is 10.8. The molecule has 0 aliphatic heterocycles. The minimum Gasteiger partial charge on any atom is -0.460 e. The molecule has 3 aromatic rings. The van der Waals surface area contributed by atoms with E-state index in [-0.39, 0.29) is 12.5 Å². The first-order chi connectivity index (χ1) is 14.4. The van der Waals surface area contributed by atoms with Crippen molar-refractivity contribution in [1.82, 2.24) is 14.8 Å². The van der Waals surface area contributed by atoms with Crippen LogP contribution in [-0.2, 0) is 16.0 Å². The van der Waals surface area contributed by atoms with Gasteiger partial charge in [-0.05, 0) is 37.1 Å². The summed E-state index contributed by atoms with van der Waals surface area (Å²) in [7, 11) is 1.53. The van der Waals surface area contributed by atoms with Gasteiger partial charge in [0.25, 0.3) is 5.91 Å². The second-order valence-corrected chi connectivity index (χ2v) is 7.14. The number of hydrogen-bond donors (Lipinski definition) is 2. The monoisotopic (exact) mass is 430 g/mol. The molecule has 0 bridgehead atoms. The van der Waals surface area contributed by atoms with Gasteiger partial charge < -0.3 is 19.8 Å². The highest BCUT2D eigenvalue weighted by atomic mass is 35.5. The Morgan fingerprint density at radius 3 is 2.60 bits per heavy atom. The number of amides is 1. The second kappa shape index (κ2) is 9.60. The van der Waals surface area contributed by atoms with E-state index < -0.39 is 5.97 Å². The summed E-state index contributed by atoms with van der Waals surface area (Å²) in [4.78, 5) is 28.2. The molecular weight excluding hydrogens is 408 g/mol. The van der Waals surface area contributed by atoms with Crippen LogP contribution < -0.4 is 5.32 Å². The molecule has 9 heteroatoms. The van der Waals surface area contributed by atoms with E-state index in [9.17, 15) is 9.59 Å². The molecule has 1 aromatic carbocycles. The SMILES string of the molecule is COCCOC(=O)c1c(C)[nH]c(C(=O)Nc2ccnn2Cc2ccc(Cl)cc2)c1C. The van der Waals surface area contributed by atoms with Crippen molar-refractivity contribution in [1.29, 1.82) is 0 Å². The number of aryl methyl sites for hydroxylation is 1. The largest absolute Gasteiger partial charge is 0.460 e. The number of halogens is 1. The zero-order chi connectivity index (χ0) is 21.7. The van der Waals surface area contributed by atoms with Gasteiger partial charge in [0, 0.05) is 23.9 Å². The highest BCUT2D eigenvalue weighted by Gasteiger charge is 2.23. The molecule has 8 nitrogen and oxygen atoms in total. The number of carbonyl (C=O) groups is 2. The number of H-pyrrole nitrogens is 1. The van der Waals surface area contributed by atoms with Crippen LogP contribution in [0.4, 0.5) is 5.82 Å². The number of nitrogens with one attached hydrogen (secondary N) is 2. The summed E-state index contributed by atoms with van der Waals surface area (Å²) >= 11 is 5.93. The minimum atomic E-state index is -0.495. The van der Waals surface area contributed by atoms with Gasteiger partial charge in [0.05, 0.1) is 24.9 Å². The van der Waals surface area contributed by atoms with Crippen molar-refractivity contribution in [2.45, 2.75) is 20.4 Å². The lowest BCUT2D eigenvalue weighted by molar-refractivity contribution is 0.0387. The van der Waals surface area contributed by atoms with Crippen molar-refractivity contribution in [2.24, 2.45) is 0 Å². The van der Waals surface area contributed by atoms with Crippen molar-refractivity contribution >= 4 is 29.3 Å². The molecule has 3 rings (SSSR count). The fourth-order valence-corrected chi connectivity index (χ4v) is 3.21. The number of esters is 1. The maximum Gasteiger partial charge on any atom is 0.340 e. The Labute approximate surface area is 179 Å². The van der Waals surface area contributed by atoms with E-state index in [0.29, 0.717) is 46.5 Å². The fraction of sp³-hybridized carbons (Fsp3) is 0.286. The maximum absolute atomic E-state index is 12.9. The molecular formula is C21H23ClN4O4. The predicted molar refractivity (Wildman–Crippen MR) is 113 cm³/mol. The van der Waals surface area contributed by atoms with Crippen LogP contribution in [0.15, 0.2) is 36.5 Å².